The Morgan fingerprint density at radius 3 is 2.31 bits per heavy atom. The molecule has 0 spiro atoms. The molecule has 0 aromatic rings. The molecule has 5 unspecified atom stereocenters. The van der Waals surface area contributed by atoms with E-state index < -0.39 is 11.9 Å². The SMILES string of the molecule is CC(SC1CC2CC1CC2C(=O)O)C(=O)O. The Labute approximate surface area is 98.4 Å². The summed E-state index contributed by atoms with van der Waals surface area (Å²) >= 11 is 1.50. The first kappa shape index (κ1) is 11.8. The normalized spacial score (nSPS) is 38.6. The lowest BCUT2D eigenvalue weighted by atomic mass is 9.89. The van der Waals surface area contributed by atoms with Gasteiger partial charge in [0.15, 0.2) is 0 Å². The fourth-order valence-electron chi connectivity index (χ4n) is 3.01. The second-order valence-corrected chi connectivity index (χ2v) is 6.41. The van der Waals surface area contributed by atoms with E-state index in [1.807, 2.05) is 0 Å². The van der Waals surface area contributed by atoms with Gasteiger partial charge in [-0.3, -0.25) is 9.59 Å². The molecule has 0 aromatic heterocycles. The minimum Gasteiger partial charge on any atom is -0.481 e. The number of fused-ring (bicyclic) bond motifs is 2. The Hall–Kier alpha value is -0.710. The van der Waals surface area contributed by atoms with Crippen LogP contribution in [-0.2, 0) is 9.59 Å². The summed E-state index contributed by atoms with van der Waals surface area (Å²) in [5.41, 5.74) is 0. The number of thioether (sulfide) groups is 1. The van der Waals surface area contributed by atoms with Crippen LogP contribution in [0.3, 0.4) is 0 Å². The number of rotatable bonds is 4. The van der Waals surface area contributed by atoms with Gasteiger partial charge in [-0.2, -0.15) is 0 Å². The fourth-order valence-corrected chi connectivity index (χ4v) is 4.46. The van der Waals surface area contributed by atoms with Gasteiger partial charge in [0.1, 0.15) is 0 Å². The van der Waals surface area contributed by atoms with Crippen molar-refractivity contribution >= 4 is 23.7 Å². The largest absolute Gasteiger partial charge is 0.481 e. The number of carbonyl (C=O) groups is 2. The third-order valence-electron chi connectivity index (χ3n) is 3.84. The monoisotopic (exact) mass is 244 g/mol. The summed E-state index contributed by atoms with van der Waals surface area (Å²) in [5.74, 6) is -0.939. The van der Waals surface area contributed by atoms with Crippen LogP contribution in [0, 0.1) is 17.8 Å². The summed E-state index contributed by atoms with van der Waals surface area (Å²) in [5, 5.41) is 17.8. The zero-order valence-corrected chi connectivity index (χ0v) is 9.94. The Morgan fingerprint density at radius 2 is 1.88 bits per heavy atom. The number of aliphatic carboxylic acids is 2. The lowest BCUT2D eigenvalue weighted by Gasteiger charge is -2.26. The van der Waals surface area contributed by atoms with Gasteiger partial charge in [-0.15, -0.1) is 11.8 Å². The van der Waals surface area contributed by atoms with Crippen molar-refractivity contribution in [3.63, 3.8) is 0 Å². The smallest absolute Gasteiger partial charge is 0.316 e. The molecule has 0 heterocycles. The van der Waals surface area contributed by atoms with Gasteiger partial charge >= 0.3 is 11.9 Å². The van der Waals surface area contributed by atoms with E-state index in [0.29, 0.717) is 11.2 Å². The van der Waals surface area contributed by atoms with Gasteiger partial charge in [0.25, 0.3) is 0 Å². The van der Waals surface area contributed by atoms with Crippen molar-refractivity contribution in [1.29, 1.82) is 0 Å². The van der Waals surface area contributed by atoms with E-state index in [0.717, 1.165) is 19.3 Å². The van der Waals surface area contributed by atoms with E-state index in [-0.39, 0.29) is 17.1 Å². The van der Waals surface area contributed by atoms with Crippen molar-refractivity contribution in [3.05, 3.63) is 0 Å². The average molecular weight is 244 g/mol. The number of carboxylic acids is 2. The van der Waals surface area contributed by atoms with Crippen LogP contribution >= 0.6 is 11.8 Å². The number of hydrogen-bond donors (Lipinski definition) is 2. The summed E-state index contributed by atoms with van der Waals surface area (Å²) < 4.78 is 0. The first-order chi connectivity index (χ1) is 7.49. The lowest BCUT2D eigenvalue weighted by Crippen LogP contribution is -2.27. The molecule has 2 aliphatic carbocycles. The minimum atomic E-state index is -0.775. The van der Waals surface area contributed by atoms with Gasteiger partial charge in [-0.05, 0) is 38.0 Å². The maximum absolute atomic E-state index is 10.9. The molecule has 90 valence electrons. The van der Waals surface area contributed by atoms with Crippen LogP contribution in [0.1, 0.15) is 26.2 Å². The molecule has 4 nitrogen and oxygen atoms in total. The third-order valence-corrected chi connectivity index (χ3v) is 5.37. The molecule has 0 aliphatic heterocycles. The zero-order chi connectivity index (χ0) is 11.9. The van der Waals surface area contributed by atoms with E-state index >= 15 is 0 Å². The first-order valence-electron chi connectivity index (χ1n) is 5.60. The van der Waals surface area contributed by atoms with Crippen molar-refractivity contribution in [3.8, 4) is 0 Å². The Morgan fingerprint density at radius 1 is 1.19 bits per heavy atom. The van der Waals surface area contributed by atoms with Gasteiger partial charge in [-0.25, -0.2) is 0 Å². The Kier molecular flexibility index (Phi) is 3.15. The summed E-state index contributed by atoms with van der Waals surface area (Å²) in [6.45, 7) is 1.70. The maximum Gasteiger partial charge on any atom is 0.316 e. The quantitative estimate of drug-likeness (QED) is 0.787. The first-order valence-corrected chi connectivity index (χ1v) is 6.54. The zero-order valence-electron chi connectivity index (χ0n) is 9.13. The molecule has 2 saturated carbocycles. The predicted octanol–water partition coefficient (Wildman–Crippen LogP) is 1.69. The average Bonchev–Trinajstić information content (AvgIpc) is 2.75. The molecule has 0 amide bonds. The molecule has 0 aromatic carbocycles. The molecule has 16 heavy (non-hydrogen) atoms. The molecule has 0 radical (unpaired) electrons. The van der Waals surface area contributed by atoms with Gasteiger partial charge in [-0.1, -0.05) is 0 Å². The van der Waals surface area contributed by atoms with Crippen molar-refractivity contribution in [2.45, 2.75) is 36.7 Å². The van der Waals surface area contributed by atoms with Crippen molar-refractivity contribution in [2.24, 2.45) is 17.8 Å². The molecule has 2 aliphatic rings. The van der Waals surface area contributed by atoms with Crippen LogP contribution in [0.2, 0.25) is 0 Å². The van der Waals surface area contributed by atoms with Crippen molar-refractivity contribution < 1.29 is 19.8 Å². The van der Waals surface area contributed by atoms with Gasteiger partial charge in [0, 0.05) is 5.25 Å². The van der Waals surface area contributed by atoms with Crippen LogP contribution in [0.5, 0.6) is 0 Å². The molecule has 2 rings (SSSR count). The minimum absolute atomic E-state index is 0.179. The maximum atomic E-state index is 10.9. The molecular weight excluding hydrogens is 228 g/mol. The van der Waals surface area contributed by atoms with Crippen LogP contribution in [-0.4, -0.2) is 32.7 Å². The highest BCUT2D eigenvalue weighted by Gasteiger charge is 2.49. The van der Waals surface area contributed by atoms with Crippen LogP contribution < -0.4 is 0 Å². The molecule has 2 N–H and O–H groups in total. The second-order valence-electron chi connectivity index (χ2n) is 4.83. The number of hydrogen-bond acceptors (Lipinski definition) is 3. The standard InChI is InChI=1S/C11H16O4S/c1-5(10(12)13)16-9-4-6-2-7(9)3-8(6)11(14)15/h5-9H,2-4H2,1H3,(H,12,13)(H,14,15). The summed E-state index contributed by atoms with van der Waals surface area (Å²) in [4.78, 5) is 21.7. The van der Waals surface area contributed by atoms with E-state index in [2.05, 4.69) is 0 Å². The van der Waals surface area contributed by atoms with Crippen molar-refractivity contribution in [1.82, 2.24) is 0 Å². The van der Waals surface area contributed by atoms with Gasteiger partial charge in [0.05, 0.1) is 11.2 Å². The Bertz CT molecular complexity index is 317. The second kappa shape index (κ2) is 4.28. The topological polar surface area (TPSA) is 74.6 Å². The summed E-state index contributed by atoms with van der Waals surface area (Å²) in [6, 6.07) is 0. The van der Waals surface area contributed by atoms with Crippen LogP contribution in [0.25, 0.3) is 0 Å². The fraction of sp³-hybridized carbons (Fsp3) is 0.818. The Balaban J connectivity index is 1.91. The molecule has 2 bridgehead atoms. The van der Waals surface area contributed by atoms with E-state index in [1.54, 1.807) is 6.92 Å². The molecule has 2 fully saturated rings. The van der Waals surface area contributed by atoms with E-state index in [4.69, 9.17) is 10.2 Å². The van der Waals surface area contributed by atoms with Gasteiger partial charge < -0.3 is 10.2 Å². The van der Waals surface area contributed by atoms with E-state index in [9.17, 15) is 9.59 Å². The highest BCUT2D eigenvalue weighted by Crippen LogP contribution is 2.53. The molecule has 0 saturated heterocycles. The molecule has 5 atom stereocenters. The molecule has 5 heteroatoms. The van der Waals surface area contributed by atoms with Crippen LogP contribution in [0.15, 0.2) is 0 Å². The summed E-state index contributed by atoms with van der Waals surface area (Å²) in [7, 11) is 0. The number of carboxylic acid groups (broad SMARTS) is 2. The third kappa shape index (κ3) is 2.05. The van der Waals surface area contributed by atoms with E-state index in [1.165, 1.54) is 11.8 Å². The lowest BCUT2D eigenvalue weighted by molar-refractivity contribution is -0.143. The highest BCUT2D eigenvalue weighted by atomic mass is 32.2. The van der Waals surface area contributed by atoms with Gasteiger partial charge in [0.2, 0.25) is 0 Å². The van der Waals surface area contributed by atoms with Crippen LogP contribution in [0.4, 0.5) is 0 Å². The summed E-state index contributed by atoms with van der Waals surface area (Å²) in [6.07, 6.45) is 2.59. The highest BCUT2D eigenvalue weighted by molar-refractivity contribution is 8.01. The van der Waals surface area contributed by atoms with Crippen molar-refractivity contribution in [2.75, 3.05) is 0 Å². The molecular formula is C11H16O4S. The predicted molar refractivity (Wildman–Crippen MR) is 60.4 cm³/mol.